The first-order valence-corrected chi connectivity index (χ1v) is 30.8. The van der Waals surface area contributed by atoms with Gasteiger partial charge in [-0.25, -0.2) is 19.2 Å². The molecule has 0 heterocycles. The van der Waals surface area contributed by atoms with Gasteiger partial charge >= 0.3 is 35.8 Å². The van der Waals surface area contributed by atoms with E-state index in [1.165, 1.54) is 51.4 Å². The molecule has 0 saturated heterocycles. The van der Waals surface area contributed by atoms with Crippen LogP contribution in [0.5, 0.6) is 23.0 Å². The normalized spacial score (nSPS) is 11.7. The summed E-state index contributed by atoms with van der Waals surface area (Å²) < 4.78 is 33.6. The molecule has 6 aromatic carbocycles. The first-order valence-electron chi connectivity index (χ1n) is 30.8. The summed E-state index contributed by atoms with van der Waals surface area (Å²) in [6.07, 6.45) is 23.7. The molecule has 2 atom stereocenters. The summed E-state index contributed by atoms with van der Waals surface area (Å²) in [4.78, 5) is 76.3. The van der Waals surface area contributed by atoms with Gasteiger partial charge < -0.3 is 28.4 Å². The largest absolute Gasteiger partial charge is 0.459 e. The summed E-state index contributed by atoms with van der Waals surface area (Å²) in [5, 5.41) is 0. The van der Waals surface area contributed by atoms with Crippen molar-refractivity contribution >= 4 is 35.8 Å². The molecule has 0 aromatic heterocycles. The van der Waals surface area contributed by atoms with Gasteiger partial charge in [-0.15, -0.1) is 0 Å². The van der Waals surface area contributed by atoms with Gasteiger partial charge in [0.05, 0.1) is 34.5 Å². The number of esters is 6. The number of hydrogen-bond acceptors (Lipinski definition) is 12. The van der Waals surface area contributed by atoms with Gasteiger partial charge in [-0.05, 0) is 172 Å². The monoisotopic (exact) mass is 1140 g/mol. The van der Waals surface area contributed by atoms with Crippen molar-refractivity contribution in [2.24, 2.45) is 0 Å². The molecule has 0 aliphatic rings. The number of carbonyl (C=O) groups excluding carboxylic acids is 6. The molecule has 446 valence electrons. The first kappa shape index (κ1) is 65.3. The van der Waals surface area contributed by atoms with Gasteiger partial charge in [0.1, 0.15) is 23.0 Å². The molecule has 0 spiro atoms. The van der Waals surface area contributed by atoms with E-state index in [2.05, 4.69) is 13.8 Å². The van der Waals surface area contributed by atoms with Crippen LogP contribution < -0.4 is 18.9 Å². The van der Waals surface area contributed by atoms with Crippen molar-refractivity contribution in [1.29, 1.82) is 0 Å². The summed E-state index contributed by atoms with van der Waals surface area (Å²) in [6.45, 7) is 8.31. The van der Waals surface area contributed by atoms with Crippen LogP contribution in [0.25, 0.3) is 22.3 Å². The van der Waals surface area contributed by atoms with Crippen LogP contribution in [0.1, 0.15) is 223 Å². The van der Waals surface area contributed by atoms with E-state index in [0.717, 1.165) is 99.3 Å². The minimum Gasteiger partial charge on any atom is -0.459 e. The summed E-state index contributed by atoms with van der Waals surface area (Å²) in [5.74, 6) is -0.915. The Morgan fingerprint density at radius 1 is 0.286 bits per heavy atom. The number of carbonyl (C=O) groups is 6. The molecule has 0 bridgehead atoms. The van der Waals surface area contributed by atoms with Crippen LogP contribution in [0.15, 0.2) is 146 Å². The highest BCUT2D eigenvalue weighted by Gasteiger charge is 2.17. The molecule has 6 aromatic rings. The molecule has 84 heavy (non-hydrogen) atoms. The summed E-state index contributed by atoms with van der Waals surface area (Å²) in [7, 11) is 0. The minimum atomic E-state index is -0.538. The van der Waals surface area contributed by atoms with E-state index in [1.54, 1.807) is 97.1 Å². The van der Waals surface area contributed by atoms with Crippen molar-refractivity contribution in [3.8, 4) is 45.3 Å². The lowest BCUT2D eigenvalue weighted by Crippen LogP contribution is -2.15. The molecule has 0 aliphatic carbocycles. The predicted molar refractivity (Wildman–Crippen MR) is 330 cm³/mol. The van der Waals surface area contributed by atoms with E-state index >= 15 is 0 Å². The molecule has 0 fully saturated rings. The molecule has 12 heteroatoms. The van der Waals surface area contributed by atoms with Crippen molar-refractivity contribution in [1.82, 2.24) is 0 Å². The van der Waals surface area contributed by atoms with Crippen molar-refractivity contribution in [3.63, 3.8) is 0 Å². The van der Waals surface area contributed by atoms with Gasteiger partial charge in [0.15, 0.2) is 0 Å². The average molecular weight is 1140 g/mol. The second kappa shape index (κ2) is 36.7. The summed E-state index contributed by atoms with van der Waals surface area (Å²) >= 11 is 0. The molecule has 0 radical (unpaired) electrons. The molecule has 0 amide bonds. The van der Waals surface area contributed by atoms with Gasteiger partial charge in [0.25, 0.3) is 0 Å². The molecule has 0 N–H and O–H groups in total. The smallest absolute Gasteiger partial charge is 0.343 e. The van der Waals surface area contributed by atoms with Crippen molar-refractivity contribution in [2.75, 3.05) is 0 Å². The van der Waals surface area contributed by atoms with Crippen LogP contribution in [0, 0.1) is 0 Å². The minimum absolute atomic E-state index is 0.129. The lowest BCUT2D eigenvalue weighted by molar-refractivity contribution is -0.135. The lowest BCUT2D eigenvalue weighted by Gasteiger charge is -2.13. The van der Waals surface area contributed by atoms with Gasteiger partial charge in [-0.1, -0.05) is 165 Å². The quantitative estimate of drug-likeness (QED) is 0.0207. The Morgan fingerprint density at radius 2 is 0.524 bits per heavy atom. The fourth-order valence-electron chi connectivity index (χ4n) is 9.69. The number of benzene rings is 6. The number of unbranched alkanes of at least 4 members (excludes halogenated alkanes) is 17. The highest BCUT2D eigenvalue weighted by Crippen LogP contribution is 2.27. The van der Waals surface area contributed by atoms with Gasteiger partial charge in [-0.2, -0.15) is 0 Å². The second-order valence-corrected chi connectivity index (χ2v) is 21.9. The third kappa shape index (κ3) is 23.8. The predicted octanol–water partition coefficient (Wildman–Crippen LogP) is 18.5. The summed E-state index contributed by atoms with van der Waals surface area (Å²) in [5.41, 5.74) is 5.27. The Kier molecular flexibility index (Phi) is 28.5. The Balaban J connectivity index is 0.769. The average Bonchev–Trinajstić information content (AvgIpc) is 3.64. The second-order valence-electron chi connectivity index (χ2n) is 21.9. The highest BCUT2D eigenvalue weighted by atomic mass is 16.6. The van der Waals surface area contributed by atoms with E-state index in [-0.39, 0.29) is 48.9 Å². The van der Waals surface area contributed by atoms with E-state index in [9.17, 15) is 28.8 Å². The van der Waals surface area contributed by atoms with Crippen LogP contribution in [-0.4, -0.2) is 48.0 Å². The topological polar surface area (TPSA) is 158 Å². The molecular formula is C72H86O12. The SMILES string of the molecule is CCCCCCCCC(C)OC(=O)c1ccc(-c2ccc(OC(=O)c3ccc(OC(=O)CCCCCCCCCCC(=O)Oc4ccc(C(=O)Oc5ccc(-c6ccc(C(=O)OC(C)CCCCCCCC)cc6)cc5)cc4)cc3)cc2)cc1. The Labute approximate surface area is 498 Å². The molecule has 6 rings (SSSR count). The maximum Gasteiger partial charge on any atom is 0.343 e. The number of rotatable bonds is 37. The van der Waals surface area contributed by atoms with Gasteiger partial charge in [0.2, 0.25) is 0 Å². The number of hydrogen-bond donors (Lipinski definition) is 0. The zero-order valence-electron chi connectivity index (χ0n) is 49.9. The number of ether oxygens (including phenoxy) is 6. The lowest BCUT2D eigenvalue weighted by atomic mass is 10.0. The zero-order chi connectivity index (χ0) is 59.7. The fraction of sp³-hybridized carbons (Fsp3) is 0.417. The van der Waals surface area contributed by atoms with Crippen molar-refractivity contribution < 1.29 is 57.2 Å². The Bertz CT molecular complexity index is 2730. The standard InChI is InChI=1S/C72H86O12/c1-5-7-9-11-17-21-25-53(3)79-69(75)59-33-29-55(30-34-59)57-37-45-65(46-38-57)83-71(77)61-41-49-63(50-42-61)81-67(73)27-23-19-15-13-14-16-20-24-28-68(74)82-64-51-43-62(44-52-64)72(78)84-66-47-39-58(40-48-66)56-31-35-60(36-32-56)70(76)80-54(4)26-22-18-12-10-8-6-2/h29-54H,5-28H2,1-4H3. The highest BCUT2D eigenvalue weighted by molar-refractivity contribution is 5.93. The van der Waals surface area contributed by atoms with E-state index < -0.39 is 11.9 Å². The van der Waals surface area contributed by atoms with Crippen LogP contribution in [0.2, 0.25) is 0 Å². The molecule has 0 saturated carbocycles. The zero-order valence-corrected chi connectivity index (χ0v) is 49.9. The maximum absolute atomic E-state index is 12.9. The third-order valence-electron chi connectivity index (χ3n) is 14.7. The van der Waals surface area contributed by atoms with Gasteiger partial charge in [-0.3, -0.25) is 9.59 Å². The maximum atomic E-state index is 12.9. The van der Waals surface area contributed by atoms with Crippen LogP contribution in [0.4, 0.5) is 0 Å². The fourth-order valence-corrected chi connectivity index (χ4v) is 9.69. The summed E-state index contributed by atoms with van der Waals surface area (Å²) in [6, 6.07) is 41.4. The van der Waals surface area contributed by atoms with Crippen molar-refractivity contribution in [3.05, 3.63) is 168 Å². The van der Waals surface area contributed by atoms with E-state index in [0.29, 0.717) is 58.1 Å². The Morgan fingerprint density at radius 3 is 0.845 bits per heavy atom. The third-order valence-corrected chi connectivity index (χ3v) is 14.7. The Hall–Kier alpha value is -7.86. The molecule has 12 nitrogen and oxygen atoms in total. The van der Waals surface area contributed by atoms with E-state index in [1.807, 2.05) is 62.4 Å². The van der Waals surface area contributed by atoms with Gasteiger partial charge in [0, 0.05) is 12.8 Å². The van der Waals surface area contributed by atoms with Crippen LogP contribution in [-0.2, 0) is 19.1 Å². The van der Waals surface area contributed by atoms with Crippen LogP contribution in [0.3, 0.4) is 0 Å². The molecule has 0 aliphatic heterocycles. The first-order chi connectivity index (χ1) is 40.9. The van der Waals surface area contributed by atoms with Crippen LogP contribution >= 0.6 is 0 Å². The van der Waals surface area contributed by atoms with E-state index in [4.69, 9.17) is 28.4 Å². The molecule has 2 unspecified atom stereocenters. The molecular weight excluding hydrogens is 1060 g/mol. The van der Waals surface area contributed by atoms with Crippen molar-refractivity contribution in [2.45, 2.75) is 194 Å².